The van der Waals surface area contributed by atoms with Gasteiger partial charge >= 0.3 is 0 Å². The number of anilines is 1. The SMILES string of the molecule is CC(=O)Nc1ccc(C(=O)N2CCN(S(=O)(=O)N(C)C)CC2)cc1. The summed E-state index contributed by atoms with van der Waals surface area (Å²) in [7, 11) is -0.463. The standard InChI is InChI=1S/C15H22N4O4S/c1-12(20)16-14-6-4-13(5-7-14)15(21)18-8-10-19(11-9-18)24(22,23)17(2)3/h4-7H,8-11H2,1-3H3,(H,16,20). The van der Waals surface area contributed by atoms with Gasteiger partial charge in [-0.05, 0) is 24.3 Å². The van der Waals surface area contributed by atoms with Gasteiger partial charge in [0, 0.05) is 58.4 Å². The van der Waals surface area contributed by atoms with Crippen molar-refractivity contribution in [3.63, 3.8) is 0 Å². The first kappa shape index (κ1) is 18.4. The molecular weight excluding hydrogens is 332 g/mol. The Morgan fingerprint density at radius 2 is 1.58 bits per heavy atom. The van der Waals surface area contributed by atoms with E-state index >= 15 is 0 Å². The van der Waals surface area contributed by atoms with Gasteiger partial charge in [-0.1, -0.05) is 0 Å². The molecule has 0 spiro atoms. The number of amides is 2. The van der Waals surface area contributed by atoms with Crippen LogP contribution in [-0.4, -0.2) is 74.0 Å². The van der Waals surface area contributed by atoms with Crippen molar-refractivity contribution in [2.75, 3.05) is 45.6 Å². The summed E-state index contributed by atoms with van der Waals surface area (Å²) in [4.78, 5) is 25.1. The number of carbonyl (C=O) groups is 2. The van der Waals surface area contributed by atoms with E-state index in [0.29, 0.717) is 24.3 Å². The van der Waals surface area contributed by atoms with Gasteiger partial charge in [-0.2, -0.15) is 17.0 Å². The van der Waals surface area contributed by atoms with E-state index in [4.69, 9.17) is 0 Å². The fraction of sp³-hybridized carbons (Fsp3) is 0.467. The third-order valence-corrected chi connectivity index (χ3v) is 5.71. The number of carbonyl (C=O) groups excluding carboxylic acids is 2. The number of hydrogen-bond acceptors (Lipinski definition) is 4. The molecule has 0 radical (unpaired) electrons. The molecule has 0 aromatic heterocycles. The molecule has 1 fully saturated rings. The highest BCUT2D eigenvalue weighted by molar-refractivity contribution is 7.86. The highest BCUT2D eigenvalue weighted by Crippen LogP contribution is 2.15. The molecule has 0 atom stereocenters. The van der Waals surface area contributed by atoms with Crippen LogP contribution in [0.4, 0.5) is 5.69 Å². The van der Waals surface area contributed by atoms with E-state index in [1.807, 2.05) is 0 Å². The molecule has 0 aliphatic carbocycles. The molecule has 1 saturated heterocycles. The first-order chi connectivity index (χ1) is 11.2. The van der Waals surface area contributed by atoms with Crippen LogP contribution in [0.5, 0.6) is 0 Å². The van der Waals surface area contributed by atoms with E-state index in [1.165, 1.54) is 29.6 Å². The summed E-state index contributed by atoms with van der Waals surface area (Å²) in [6, 6.07) is 6.63. The maximum Gasteiger partial charge on any atom is 0.281 e. The molecule has 0 saturated carbocycles. The molecule has 1 N–H and O–H groups in total. The normalized spacial score (nSPS) is 16.2. The lowest BCUT2D eigenvalue weighted by Gasteiger charge is -2.35. The molecule has 24 heavy (non-hydrogen) atoms. The Bertz CT molecular complexity index is 707. The second-order valence-corrected chi connectivity index (χ2v) is 7.88. The van der Waals surface area contributed by atoms with E-state index < -0.39 is 10.2 Å². The molecule has 8 nitrogen and oxygen atoms in total. The molecule has 9 heteroatoms. The topological polar surface area (TPSA) is 90.0 Å². The minimum absolute atomic E-state index is 0.147. The summed E-state index contributed by atoms with van der Waals surface area (Å²) in [5.74, 6) is -0.321. The van der Waals surface area contributed by atoms with Gasteiger partial charge in [0.2, 0.25) is 5.91 Å². The fourth-order valence-corrected chi connectivity index (χ4v) is 3.52. The summed E-state index contributed by atoms with van der Waals surface area (Å²) >= 11 is 0. The highest BCUT2D eigenvalue weighted by atomic mass is 32.2. The second-order valence-electron chi connectivity index (χ2n) is 5.74. The summed E-state index contributed by atoms with van der Waals surface area (Å²) in [6.45, 7) is 2.66. The van der Waals surface area contributed by atoms with Crippen molar-refractivity contribution in [1.29, 1.82) is 0 Å². The zero-order valence-electron chi connectivity index (χ0n) is 14.0. The highest BCUT2D eigenvalue weighted by Gasteiger charge is 2.30. The minimum atomic E-state index is -3.44. The quantitative estimate of drug-likeness (QED) is 0.837. The van der Waals surface area contributed by atoms with Crippen molar-refractivity contribution < 1.29 is 18.0 Å². The zero-order valence-corrected chi connectivity index (χ0v) is 14.8. The van der Waals surface area contributed by atoms with Crippen LogP contribution in [0.15, 0.2) is 24.3 Å². The second kappa shape index (κ2) is 7.29. The van der Waals surface area contributed by atoms with Crippen LogP contribution in [0.2, 0.25) is 0 Å². The Labute approximate surface area is 142 Å². The number of piperazine rings is 1. The Kier molecular flexibility index (Phi) is 5.58. The van der Waals surface area contributed by atoms with Crippen molar-refractivity contribution in [1.82, 2.24) is 13.5 Å². The van der Waals surface area contributed by atoms with Crippen molar-refractivity contribution in [2.45, 2.75) is 6.92 Å². The molecule has 0 unspecified atom stereocenters. The average Bonchev–Trinajstić information content (AvgIpc) is 2.54. The molecule has 0 bridgehead atoms. The Morgan fingerprint density at radius 1 is 1.04 bits per heavy atom. The number of benzene rings is 1. The van der Waals surface area contributed by atoms with Crippen LogP contribution in [0, 0.1) is 0 Å². The first-order valence-corrected chi connectivity index (χ1v) is 8.96. The average molecular weight is 354 g/mol. The predicted octanol–water partition coefficient (Wildman–Crippen LogP) is 0.209. The Morgan fingerprint density at radius 3 is 2.04 bits per heavy atom. The monoisotopic (exact) mass is 354 g/mol. The molecule has 2 rings (SSSR count). The summed E-state index contributed by atoms with van der Waals surface area (Å²) < 4.78 is 26.7. The molecule has 1 heterocycles. The lowest BCUT2D eigenvalue weighted by Crippen LogP contribution is -2.53. The Balaban J connectivity index is 1.99. The van der Waals surface area contributed by atoms with Crippen LogP contribution in [0.1, 0.15) is 17.3 Å². The number of rotatable bonds is 4. The molecular formula is C15H22N4O4S. The van der Waals surface area contributed by atoms with E-state index in [9.17, 15) is 18.0 Å². The van der Waals surface area contributed by atoms with Gasteiger partial charge in [0.15, 0.2) is 0 Å². The number of nitrogens with one attached hydrogen (secondary N) is 1. The van der Waals surface area contributed by atoms with Gasteiger partial charge in [-0.25, -0.2) is 0 Å². The van der Waals surface area contributed by atoms with Gasteiger partial charge in [-0.15, -0.1) is 0 Å². The van der Waals surface area contributed by atoms with Crippen molar-refractivity contribution in [3.8, 4) is 0 Å². The largest absolute Gasteiger partial charge is 0.336 e. The number of nitrogens with zero attached hydrogens (tertiary/aromatic N) is 3. The van der Waals surface area contributed by atoms with Crippen molar-refractivity contribution in [2.24, 2.45) is 0 Å². The lowest BCUT2D eigenvalue weighted by molar-refractivity contribution is -0.114. The summed E-state index contributed by atoms with van der Waals surface area (Å²) in [5, 5.41) is 2.64. The van der Waals surface area contributed by atoms with Crippen LogP contribution in [0.3, 0.4) is 0 Å². The molecule has 1 aromatic carbocycles. The van der Waals surface area contributed by atoms with E-state index in [2.05, 4.69) is 5.32 Å². The Hall–Kier alpha value is -1.97. The van der Waals surface area contributed by atoms with E-state index in [1.54, 1.807) is 29.2 Å². The lowest BCUT2D eigenvalue weighted by atomic mass is 10.1. The van der Waals surface area contributed by atoms with Crippen molar-refractivity contribution >= 4 is 27.7 Å². The first-order valence-electron chi connectivity index (χ1n) is 7.56. The molecule has 2 amide bonds. The van der Waals surface area contributed by atoms with Crippen LogP contribution >= 0.6 is 0 Å². The van der Waals surface area contributed by atoms with Gasteiger partial charge in [0.25, 0.3) is 16.1 Å². The van der Waals surface area contributed by atoms with Crippen LogP contribution in [-0.2, 0) is 15.0 Å². The molecule has 1 aliphatic heterocycles. The summed E-state index contributed by atoms with van der Waals surface area (Å²) in [6.07, 6.45) is 0. The zero-order chi connectivity index (χ0) is 17.9. The molecule has 1 aliphatic rings. The van der Waals surface area contributed by atoms with Gasteiger partial charge in [-0.3, -0.25) is 9.59 Å². The van der Waals surface area contributed by atoms with E-state index in [0.717, 1.165) is 0 Å². The smallest absolute Gasteiger partial charge is 0.281 e. The predicted molar refractivity (Wildman–Crippen MR) is 90.8 cm³/mol. The van der Waals surface area contributed by atoms with Gasteiger partial charge < -0.3 is 10.2 Å². The van der Waals surface area contributed by atoms with Crippen LogP contribution < -0.4 is 5.32 Å². The fourth-order valence-electron chi connectivity index (χ4n) is 2.43. The van der Waals surface area contributed by atoms with Crippen molar-refractivity contribution in [3.05, 3.63) is 29.8 Å². The summed E-state index contributed by atoms with van der Waals surface area (Å²) in [5.41, 5.74) is 1.13. The molecule has 1 aromatic rings. The third kappa shape index (κ3) is 4.11. The minimum Gasteiger partial charge on any atom is -0.336 e. The molecule has 132 valence electrons. The van der Waals surface area contributed by atoms with Gasteiger partial charge in [0.05, 0.1) is 0 Å². The van der Waals surface area contributed by atoms with E-state index in [-0.39, 0.29) is 24.9 Å². The third-order valence-electron chi connectivity index (χ3n) is 3.77. The maximum atomic E-state index is 12.5. The van der Waals surface area contributed by atoms with Gasteiger partial charge in [0.1, 0.15) is 0 Å². The van der Waals surface area contributed by atoms with Crippen LogP contribution in [0.25, 0.3) is 0 Å². The maximum absolute atomic E-state index is 12.5. The number of hydrogen-bond donors (Lipinski definition) is 1.